The van der Waals surface area contributed by atoms with Crippen LogP contribution in [0.2, 0.25) is 0 Å². The number of carbonyl (C=O) groups excluding carboxylic acids is 1. The fourth-order valence-corrected chi connectivity index (χ4v) is 2.47. The van der Waals surface area contributed by atoms with E-state index in [9.17, 15) is 19.8 Å². The molecule has 0 spiro atoms. The van der Waals surface area contributed by atoms with E-state index in [2.05, 4.69) is 0 Å². The monoisotopic (exact) mass is 357 g/mol. The number of hydrogen-bond acceptors (Lipinski definition) is 4. The van der Waals surface area contributed by atoms with Crippen LogP contribution < -0.4 is 4.90 Å². The molecule has 6 nitrogen and oxygen atoms in total. The van der Waals surface area contributed by atoms with Crippen LogP contribution in [0.3, 0.4) is 0 Å². The second-order valence-corrected chi connectivity index (χ2v) is 7.02. The summed E-state index contributed by atoms with van der Waals surface area (Å²) in [6, 6.07) is 11.2. The Labute approximate surface area is 152 Å². The van der Waals surface area contributed by atoms with Gasteiger partial charge in [-0.05, 0) is 45.9 Å². The molecule has 0 aliphatic rings. The van der Waals surface area contributed by atoms with E-state index in [1.807, 2.05) is 6.92 Å². The lowest BCUT2D eigenvalue weighted by molar-refractivity contribution is 0.0577. The molecule has 0 saturated carbocycles. The Balaban J connectivity index is 2.51. The maximum atomic E-state index is 12.8. The lowest BCUT2D eigenvalue weighted by Crippen LogP contribution is -2.37. The number of nitrogens with zero attached hydrogens (tertiary/aromatic N) is 1. The minimum Gasteiger partial charge on any atom is -0.508 e. The Morgan fingerprint density at radius 2 is 1.77 bits per heavy atom. The average Bonchev–Trinajstić information content (AvgIpc) is 2.54. The Morgan fingerprint density at radius 1 is 1.12 bits per heavy atom. The van der Waals surface area contributed by atoms with Crippen LogP contribution in [0.25, 0.3) is 0 Å². The van der Waals surface area contributed by atoms with E-state index >= 15 is 0 Å². The molecule has 0 heterocycles. The molecule has 138 valence electrons. The third-order valence-electron chi connectivity index (χ3n) is 3.60. The Kier molecular flexibility index (Phi) is 5.55. The normalized spacial score (nSPS) is 11.1. The quantitative estimate of drug-likeness (QED) is 0.850. The second-order valence-electron chi connectivity index (χ2n) is 7.02. The third kappa shape index (κ3) is 4.75. The molecule has 0 saturated heterocycles. The predicted molar refractivity (Wildman–Crippen MR) is 98.7 cm³/mol. The summed E-state index contributed by atoms with van der Waals surface area (Å²) in [5.41, 5.74) is 0.840. The number of rotatable bonds is 4. The van der Waals surface area contributed by atoms with E-state index in [1.165, 1.54) is 11.0 Å². The predicted octanol–water partition coefficient (Wildman–Crippen LogP) is 4.34. The van der Waals surface area contributed by atoms with Crippen LogP contribution >= 0.6 is 0 Å². The highest BCUT2D eigenvalue weighted by Gasteiger charge is 2.27. The molecule has 0 fully saturated rings. The SMILES string of the molecule is Cc1ccc(O)c(CN(C(=O)OC(C)(C)C)c2ccccc2C(=O)O)c1. The number of hydrogen-bond donors (Lipinski definition) is 2. The van der Waals surface area contributed by atoms with Gasteiger partial charge in [0, 0.05) is 5.56 Å². The van der Waals surface area contributed by atoms with E-state index < -0.39 is 17.7 Å². The first-order valence-electron chi connectivity index (χ1n) is 8.20. The van der Waals surface area contributed by atoms with Gasteiger partial charge < -0.3 is 14.9 Å². The number of anilines is 1. The Bertz CT molecular complexity index is 823. The number of benzene rings is 2. The zero-order chi connectivity index (χ0) is 19.5. The fourth-order valence-electron chi connectivity index (χ4n) is 2.47. The highest BCUT2D eigenvalue weighted by Crippen LogP contribution is 2.28. The largest absolute Gasteiger partial charge is 0.508 e. The minimum absolute atomic E-state index is 0.0211. The molecule has 6 heteroatoms. The summed E-state index contributed by atoms with van der Waals surface area (Å²) in [7, 11) is 0. The molecule has 2 N–H and O–H groups in total. The number of phenolic OH excluding ortho intramolecular Hbond substituents is 1. The van der Waals surface area contributed by atoms with Gasteiger partial charge in [0.2, 0.25) is 0 Å². The summed E-state index contributed by atoms with van der Waals surface area (Å²) in [6.07, 6.45) is -0.688. The molecule has 0 radical (unpaired) electrons. The Hall–Kier alpha value is -3.02. The van der Waals surface area contributed by atoms with Crippen molar-refractivity contribution < 1.29 is 24.5 Å². The van der Waals surface area contributed by atoms with Gasteiger partial charge in [0.25, 0.3) is 0 Å². The standard InChI is InChI=1S/C20H23NO5/c1-13-9-10-17(22)14(11-13)12-21(19(25)26-20(2,3)4)16-8-6-5-7-15(16)18(23)24/h5-11,22H,12H2,1-4H3,(H,23,24). The minimum atomic E-state index is -1.15. The molecule has 0 aliphatic carbocycles. The van der Waals surface area contributed by atoms with Crippen molar-refractivity contribution in [2.24, 2.45) is 0 Å². The number of aromatic hydroxyl groups is 1. The smallest absolute Gasteiger partial charge is 0.415 e. The first-order chi connectivity index (χ1) is 12.1. The maximum Gasteiger partial charge on any atom is 0.415 e. The lowest BCUT2D eigenvalue weighted by Gasteiger charge is -2.28. The number of phenols is 1. The lowest BCUT2D eigenvalue weighted by atomic mass is 10.1. The van der Waals surface area contributed by atoms with Crippen molar-refractivity contribution in [1.82, 2.24) is 0 Å². The number of carbonyl (C=O) groups is 2. The molecule has 0 unspecified atom stereocenters. The number of para-hydroxylation sites is 1. The van der Waals surface area contributed by atoms with Gasteiger partial charge in [-0.2, -0.15) is 0 Å². The highest BCUT2D eigenvalue weighted by molar-refractivity contribution is 6.00. The van der Waals surface area contributed by atoms with Gasteiger partial charge in [0.05, 0.1) is 17.8 Å². The van der Waals surface area contributed by atoms with Crippen molar-refractivity contribution in [3.8, 4) is 5.75 Å². The Morgan fingerprint density at radius 3 is 2.38 bits per heavy atom. The number of ether oxygens (including phenoxy) is 1. The van der Waals surface area contributed by atoms with Crippen LogP contribution in [-0.4, -0.2) is 27.9 Å². The van der Waals surface area contributed by atoms with Crippen LogP contribution in [0.1, 0.15) is 42.3 Å². The summed E-state index contributed by atoms with van der Waals surface area (Å²) in [5.74, 6) is -1.13. The van der Waals surface area contributed by atoms with Crippen LogP contribution in [0.15, 0.2) is 42.5 Å². The van der Waals surface area contributed by atoms with Crippen molar-refractivity contribution in [1.29, 1.82) is 0 Å². The van der Waals surface area contributed by atoms with Gasteiger partial charge in [-0.1, -0.05) is 29.8 Å². The highest BCUT2D eigenvalue weighted by atomic mass is 16.6. The van der Waals surface area contributed by atoms with Crippen molar-refractivity contribution in [2.45, 2.75) is 39.8 Å². The van der Waals surface area contributed by atoms with Crippen molar-refractivity contribution in [3.63, 3.8) is 0 Å². The number of carboxylic acids is 1. The average molecular weight is 357 g/mol. The van der Waals surface area contributed by atoms with Gasteiger partial charge in [0.15, 0.2) is 0 Å². The van der Waals surface area contributed by atoms with E-state index in [4.69, 9.17) is 4.74 Å². The van der Waals surface area contributed by atoms with Crippen LogP contribution in [0.4, 0.5) is 10.5 Å². The first-order valence-corrected chi connectivity index (χ1v) is 8.20. The van der Waals surface area contributed by atoms with Crippen LogP contribution in [0, 0.1) is 6.92 Å². The van der Waals surface area contributed by atoms with Gasteiger partial charge in [-0.25, -0.2) is 9.59 Å². The van der Waals surface area contributed by atoms with E-state index in [0.717, 1.165) is 5.56 Å². The van der Waals surface area contributed by atoms with Gasteiger partial charge in [-0.15, -0.1) is 0 Å². The topological polar surface area (TPSA) is 87.1 Å². The van der Waals surface area contributed by atoms with Crippen molar-refractivity contribution in [3.05, 3.63) is 59.2 Å². The summed E-state index contributed by atoms with van der Waals surface area (Å²) < 4.78 is 5.44. The molecule has 2 rings (SSSR count). The zero-order valence-electron chi connectivity index (χ0n) is 15.3. The first kappa shape index (κ1) is 19.3. The summed E-state index contributed by atoms with van der Waals surface area (Å²) in [6.45, 7) is 7.04. The van der Waals surface area contributed by atoms with Crippen LogP contribution in [-0.2, 0) is 11.3 Å². The van der Waals surface area contributed by atoms with E-state index in [1.54, 1.807) is 57.2 Å². The molecule has 2 aromatic carbocycles. The summed E-state index contributed by atoms with van der Waals surface area (Å²) in [4.78, 5) is 25.6. The maximum absolute atomic E-state index is 12.8. The van der Waals surface area contributed by atoms with Crippen molar-refractivity contribution in [2.75, 3.05) is 4.90 Å². The van der Waals surface area contributed by atoms with Gasteiger partial charge in [0.1, 0.15) is 11.4 Å². The molecular formula is C20H23NO5. The molecule has 1 amide bonds. The van der Waals surface area contributed by atoms with Gasteiger partial charge >= 0.3 is 12.1 Å². The number of carboxylic acid groups (broad SMARTS) is 1. The van der Waals surface area contributed by atoms with Gasteiger partial charge in [-0.3, -0.25) is 4.90 Å². The van der Waals surface area contributed by atoms with Crippen molar-refractivity contribution >= 4 is 17.7 Å². The van der Waals surface area contributed by atoms with E-state index in [-0.39, 0.29) is 23.5 Å². The summed E-state index contributed by atoms with van der Waals surface area (Å²) in [5, 5.41) is 19.6. The second kappa shape index (κ2) is 7.47. The summed E-state index contributed by atoms with van der Waals surface area (Å²) >= 11 is 0. The zero-order valence-corrected chi connectivity index (χ0v) is 15.3. The molecule has 0 aromatic heterocycles. The van der Waals surface area contributed by atoms with E-state index in [0.29, 0.717) is 5.56 Å². The number of aromatic carboxylic acids is 1. The number of amides is 1. The molecule has 2 aromatic rings. The molecule has 0 aliphatic heterocycles. The molecule has 0 atom stereocenters. The third-order valence-corrected chi connectivity index (χ3v) is 3.60. The molecule has 26 heavy (non-hydrogen) atoms. The van der Waals surface area contributed by atoms with Crippen LogP contribution in [0.5, 0.6) is 5.75 Å². The fraction of sp³-hybridized carbons (Fsp3) is 0.300. The molecule has 0 bridgehead atoms. The molecular weight excluding hydrogens is 334 g/mol. The number of aryl methyl sites for hydroxylation is 1.